The van der Waals surface area contributed by atoms with Crippen molar-refractivity contribution in [2.45, 2.75) is 6.54 Å². The molecule has 1 aromatic heterocycles. The first-order valence-electron chi connectivity index (χ1n) is 5.08. The molecule has 88 valence electrons. The molecule has 0 radical (unpaired) electrons. The Morgan fingerprint density at radius 2 is 2.12 bits per heavy atom. The lowest BCUT2D eigenvalue weighted by atomic mass is 10.1. The second-order valence-corrected chi connectivity index (χ2v) is 4.19. The molecule has 0 atom stereocenters. The summed E-state index contributed by atoms with van der Waals surface area (Å²) in [6.45, 7) is 0.0278. The third kappa shape index (κ3) is 2.47. The molecular formula is C12H11ClN2O2. The Hall–Kier alpha value is -1.81. The van der Waals surface area contributed by atoms with Crippen molar-refractivity contribution in [3.8, 4) is 0 Å². The van der Waals surface area contributed by atoms with Crippen LogP contribution >= 0.6 is 11.6 Å². The summed E-state index contributed by atoms with van der Waals surface area (Å²) in [5.41, 5.74) is 0.300. The van der Waals surface area contributed by atoms with Crippen LogP contribution in [-0.2, 0) is 13.6 Å². The predicted molar refractivity (Wildman–Crippen MR) is 65.5 cm³/mol. The van der Waals surface area contributed by atoms with Crippen molar-refractivity contribution in [1.29, 1.82) is 0 Å². The average Bonchev–Trinajstić information content (AvgIpc) is 2.61. The van der Waals surface area contributed by atoms with Crippen LogP contribution < -0.4 is 5.69 Å². The summed E-state index contributed by atoms with van der Waals surface area (Å²) in [6, 6.07) is 6.69. The van der Waals surface area contributed by atoms with Crippen LogP contribution in [0.5, 0.6) is 0 Å². The molecule has 0 N–H and O–H groups in total. The van der Waals surface area contributed by atoms with E-state index in [2.05, 4.69) is 0 Å². The number of rotatable bonds is 3. The van der Waals surface area contributed by atoms with Crippen LogP contribution in [-0.4, -0.2) is 14.9 Å². The van der Waals surface area contributed by atoms with Crippen molar-refractivity contribution in [2.75, 3.05) is 0 Å². The molecule has 0 saturated heterocycles. The first kappa shape index (κ1) is 11.7. The number of imidazole rings is 1. The van der Waals surface area contributed by atoms with E-state index >= 15 is 0 Å². The molecule has 1 heterocycles. The molecular weight excluding hydrogens is 240 g/mol. The van der Waals surface area contributed by atoms with Crippen LogP contribution in [0.3, 0.4) is 0 Å². The van der Waals surface area contributed by atoms with Crippen LogP contribution in [0.1, 0.15) is 10.4 Å². The van der Waals surface area contributed by atoms with E-state index < -0.39 is 0 Å². The van der Waals surface area contributed by atoms with Gasteiger partial charge in [-0.25, -0.2) is 4.79 Å². The van der Waals surface area contributed by atoms with Gasteiger partial charge in [-0.2, -0.15) is 0 Å². The van der Waals surface area contributed by atoms with E-state index in [-0.39, 0.29) is 18.0 Å². The summed E-state index contributed by atoms with van der Waals surface area (Å²) >= 11 is 5.80. The SMILES string of the molecule is Cn1ccn(CC(=O)c2cccc(Cl)c2)c1=O. The second-order valence-electron chi connectivity index (χ2n) is 3.75. The van der Waals surface area contributed by atoms with E-state index in [1.165, 1.54) is 9.13 Å². The summed E-state index contributed by atoms with van der Waals surface area (Å²) in [5.74, 6) is -0.138. The monoisotopic (exact) mass is 250 g/mol. The molecule has 0 aliphatic rings. The topological polar surface area (TPSA) is 44.0 Å². The van der Waals surface area contributed by atoms with Crippen molar-refractivity contribution >= 4 is 17.4 Å². The Bertz CT molecular complexity index is 613. The van der Waals surface area contributed by atoms with Crippen LogP contribution in [0.2, 0.25) is 5.02 Å². The normalized spacial score (nSPS) is 10.5. The summed E-state index contributed by atoms with van der Waals surface area (Å²) < 4.78 is 2.79. The molecule has 17 heavy (non-hydrogen) atoms. The second kappa shape index (κ2) is 4.59. The van der Waals surface area contributed by atoms with Crippen molar-refractivity contribution in [1.82, 2.24) is 9.13 Å². The van der Waals surface area contributed by atoms with Gasteiger partial charge < -0.3 is 4.57 Å². The molecule has 0 saturated carbocycles. The molecule has 2 aromatic rings. The zero-order valence-corrected chi connectivity index (χ0v) is 10.0. The highest BCUT2D eigenvalue weighted by molar-refractivity contribution is 6.31. The third-order valence-electron chi connectivity index (χ3n) is 2.48. The highest BCUT2D eigenvalue weighted by atomic mass is 35.5. The standard InChI is InChI=1S/C12H11ClN2O2/c1-14-5-6-15(12(14)17)8-11(16)9-3-2-4-10(13)7-9/h2-7H,8H2,1H3. The zero-order chi connectivity index (χ0) is 12.4. The number of nitrogens with zero attached hydrogens (tertiary/aromatic N) is 2. The first-order valence-corrected chi connectivity index (χ1v) is 5.46. The molecule has 0 unspecified atom stereocenters. The fraction of sp³-hybridized carbons (Fsp3) is 0.167. The largest absolute Gasteiger partial charge is 0.328 e. The maximum atomic E-state index is 11.9. The van der Waals surface area contributed by atoms with Crippen LogP contribution in [0.4, 0.5) is 0 Å². The first-order chi connectivity index (χ1) is 8.08. The fourth-order valence-corrected chi connectivity index (χ4v) is 1.73. The lowest BCUT2D eigenvalue weighted by Crippen LogP contribution is -2.25. The smallest absolute Gasteiger partial charge is 0.302 e. The molecule has 4 nitrogen and oxygen atoms in total. The molecule has 0 aliphatic heterocycles. The molecule has 0 fully saturated rings. The molecule has 0 spiro atoms. The van der Waals surface area contributed by atoms with E-state index in [4.69, 9.17) is 11.6 Å². The van der Waals surface area contributed by atoms with Crippen LogP contribution in [0, 0.1) is 0 Å². The van der Waals surface area contributed by atoms with Gasteiger partial charge in [0.1, 0.15) is 0 Å². The third-order valence-corrected chi connectivity index (χ3v) is 2.71. The van der Waals surface area contributed by atoms with E-state index in [9.17, 15) is 9.59 Å². The number of ketones is 1. The highest BCUT2D eigenvalue weighted by Gasteiger charge is 2.09. The molecule has 0 bridgehead atoms. The molecule has 0 aliphatic carbocycles. The lowest BCUT2D eigenvalue weighted by molar-refractivity contribution is 0.0971. The number of halogens is 1. The van der Waals surface area contributed by atoms with E-state index in [0.29, 0.717) is 10.6 Å². The summed E-state index contributed by atoms with van der Waals surface area (Å²) in [4.78, 5) is 23.5. The summed E-state index contributed by atoms with van der Waals surface area (Å²) in [6.07, 6.45) is 3.21. The Labute approximate surface area is 103 Å². The van der Waals surface area contributed by atoms with Gasteiger partial charge in [0.2, 0.25) is 0 Å². The van der Waals surface area contributed by atoms with Gasteiger partial charge in [0.05, 0.1) is 6.54 Å². The van der Waals surface area contributed by atoms with Crippen molar-refractivity contribution in [3.63, 3.8) is 0 Å². The number of Topliss-reactive ketones (excluding diaryl/α,β-unsaturated/α-hetero) is 1. The van der Waals surface area contributed by atoms with Gasteiger partial charge in [-0.15, -0.1) is 0 Å². The van der Waals surface area contributed by atoms with E-state index in [0.717, 1.165) is 0 Å². The van der Waals surface area contributed by atoms with Crippen LogP contribution in [0.25, 0.3) is 0 Å². The predicted octanol–water partition coefficient (Wildman–Crippen LogP) is 1.72. The average molecular weight is 251 g/mol. The molecule has 2 rings (SSSR count). The van der Waals surface area contributed by atoms with Gasteiger partial charge in [0.25, 0.3) is 0 Å². The van der Waals surface area contributed by atoms with Gasteiger partial charge in [-0.05, 0) is 12.1 Å². The zero-order valence-electron chi connectivity index (χ0n) is 9.26. The van der Waals surface area contributed by atoms with Crippen molar-refractivity contribution in [2.24, 2.45) is 7.05 Å². The van der Waals surface area contributed by atoms with Gasteiger partial charge in [0.15, 0.2) is 5.78 Å². The van der Waals surface area contributed by atoms with Gasteiger partial charge in [0, 0.05) is 30.0 Å². The minimum atomic E-state index is -0.208. The number of hydrogen-bond acceptors (Lipinski definition) is 2. The van der Waals surface area contributed by atoms with Crippen molar-refractivity contribution < 1.29 is 4.79 Å². The summed E-state index contributed by atoms with van der Waals surface area (Å²) in [5, 5.41) is 0.510. The Morgan fingerprint density at radius 3 is 2.71 bits per heavy atom. The number of benzene rings is 1. The number of aromatic nitrogens is 2. The highest BCUT2D eigenvalue weighted by Crippen LogP contribution is 2.11. The minimum Gasteiger partial charge on any atom is -0.302 e. The maximum Gasteiger partial charge on any atom is 0.328 e. The van der Waals surface area contributed by atoms with E-state index in [1.807, 2.05) is 0 Å². The molecule has 5 heteroatoms. The summed E-state index contributed by atoms with van der Waals surface area (Å²) in [7, 11) is 1.64. The lowest BCUT2D eigenvalue weighted by Gasteiger charge is -2.01. The Kier molecular flexibility index (Phi) is 3.15. The molecule has 0 amide bonds. The van der Waals surface area contributed by atoms with Crippen LogP contribution in [0.15, 0.2) is 41.5 Å². The maximum absolute atomic E-state index is 11.9. The fourth-order valence-electron chi connectivity index (χ4n) is 1.54. The number of hydrogen-bond donors (Lipinski definition) is 0. The van der Waals surface area contributed by atoms with Gasteiger partial charge in [-0.3, -0.25) is 9.36 Å². The van der Waals surface area contributed by atoms with Gasteiger partial charge >= 0.3 is 5.69 Å². The number of aryl methyl sites for hydroxylation is 1. The quantitative estimate of drug-likeness (QED) is 0.779. The van der Waals surface area contributed by atoms with E-state index in [1.54, 1.807) is 43.7 Å². The van der Waals surface area contributed by atoms with Gasteiger partial charge in [-0.1, -0.05) is 23.7 Å². The Balaban J connectivity index is 2.23. The van der Waals surface area contributed by atoms with Crippen molar-refractivity contribution in [3.05, 3.63) is 57.7 Å². The number of carbonyl (C=O) groups excluding carboxylic acids is 1. The minimum absolute atomic E-state index is 0.0278. The Morgan fingerprint density at radius 1 is 1.35 bits per heavy atom. The number of carbonyl (C=O) groups is 1. The molecule has 1 aromatic carbocycles.